The van der Waals surface area contributed by atoms with E-state index >= 15 is 0 Å². The summed E-state index contributed by atoms with van der Waals surface area (Å²) >= 11 is 0. The van der Waals surface area contributed by atoms with Crippen molar-refractivity contribution in [2.75, 3.05) is 6.61 Å². The van der Waals surface area contributed by atoms with Gasteiger partial charge < -0.3 is 10.1 Å². The molecule has 0 saturated heterocycles. The van der Waals surface area contributed by atoms with Crippen molar-refractivity contribution < 1.29 is 9.53 Å². The molecule has 28 heavy (non-hydrogen) atoms. The second-order valence-electron chi connectivity index (χ2n) is 6.89. The van der Waals surface area contributed by atoms with Crippen molar-refractivity contribution >= 4 is 5.91 Å². The van der Waals surface area contributed by atoms with Crippen molar-refractivity contribution in [2.45, 2.75) is 40.2 Å². The molecule has 0 atom stereocenters. The van der Waals surface area contributed by atoms with Gasteiger partial charge in [0.2, 0.25) is 5.91 Å². The first-order valence-corrected chi connectivity index (χ1v) is 9.62. The van der Waals surface area contributed by atoms with E-state index in [0.29, 0.717) is 26.0 Å². The second kappa shape index (κ2) is 9.22. The van der Waals surface area contributed by atoms with E-state index in [1.54, 1.807) is 0 Å². The molecular formula is C23H27N3O2. The topological polar surface area (TPSA) is 56.1 Å². The molecule has 3 aromatic rings. The van der Waals surface area contributed by atoms with Gasteiger partial charge in [-0.3, -0.25) is 4.79 Å². The Labute approximate surface area is 166 Å². The van der Waals surface area contributed by atoms with Crippen LogP contribution in [0.5, 0.6) is 5.75 Å². The summed E-state index contributed by atoms with van der Waals surface area (Å²) in [4.78, 5) is 12.2. The number of nitrogens with zero attached hydrogens (tertiary/aromatic N) is 2. The zero-order valence-corrected chi connectivity index (χ0v) is 16.7. The van der Waals surface area contributed by atoms with Crippen molar-refractivity contribution in [1.82, 2.24) is 15.1 Å². The number of carbonyl (C=O) groups excluding carboxylic acids is 1. The summed E-state index contributed by atoms with van der Waals surface area (Å²) in [6.07, 6.45) is 1.12. The number of aromatic nitrogens is 2. The van der Waals surface area contributed by atoms with E-state index in [1.165, 1.54) is 0 Å². The van der Waals surface area contributed by atoms with E-state index in [1.807, 2.05) is 80.1 Å². The summed E-state index contributed by atoms with van der Waals surface area (Å²) in [5.41, 5.74) is 5.17. The summed E-state index contributed by atoms with van der Waals surface area (Å²) in [6.45, 7) is 7.04. The highest BCUT2D eigenvalue weighted by Gasteiger charge is 2.13. The first-order chi connectivity index (χ1) is 13.6. The average molecular weight is 377 g/mol. The first-order valence-electron chi connectivity index (χ1n) is 9.62. The lowest BCUT2D eigenvalue weighted by atomic mass is 10.2. The number of ether oxygens (including phenoxy) is 1. The highest BCUT2D eigenvalue weighted by atomic mass is 16.5. The predicted molar refractivity (Wildman–Crippen MR) is 111 cm³/mol. The van der Waals surface area contributed by atoms with Crippen LogP contribution in [0.25, 0.3) is 5.69 Å². The second-order valence-corrected chi connectivity index (χ2v) is 6.89. The van der Waals surface area contributed by atoms with E-state index in [0.717, 1.165) is 34.0 Å². The van der Waals surface area contributed by atoms with Crippen LogP contribution in [0.2, 0.25) is 0 Å². The molecule has 2 aromatic carbocycles. The first kappa shape index (κ1) is 19.7. The maximum absolute atomic E-state index is 12.2. The Kier molecular flexibility index (Phi) is 6.48. The van der Waals surface area contributed by atoms with Crippen molar-refractivity contribution in [3.8, 4) is 11.4 Å². The van der Waals surface area contributed by atoms with Gasteiger partial charge in [0.05, 0.1) is 18.0 Å². The number of rotatable bonds is 8. The molecule has 0 saturated carbocycles. The lowest BCUT2D eigenvalue weighted by Gasteiger charge is -2.09. The average Bonchev–Trinajstić information content (AvgIpc) is 2.99. The van der Waals surface area contributed by atoms with Gasteiger partial charge in [0.15, 0.2) is 0 Å². The standard InChI is InChI=1S/C23H27N3O2/c1-17-10-7-8-13-22(17)28-15-9-14-23(27)24-16-21-18(2)25-26(19(21)3)20-11-5-4-6-12-20/h4-8,10-13H,9,14-16H2,1-3H3,(H,24,27). The van der Waals surface area contributed by atoms with Gasteiger partial charge in [-0.2, -0.15) is 5.10 Å². The minimum atomic E-state index is 0.0274. The van der Waals surface area contributed by atoms with Crippen LogP contribution < -0.4 is 10.1 Å². The van der Waals surface area contributed by atoms with Crippen LogP contribution in [-0.2, 0) is 11.3 Å². The smallest absolute Gasteiger partial charge is 0.220 e. The number of para-hydroxylation sites is 2. The van der Waals surface area contributed by atoms with Gasteiger partial charge in [-0.1, -0.05) is 36.4 Å². The lowest BCUT2D eigenvalue weighted by Crippen LogP contribution is -2.23. The van der Waals surface area contributed by atoms with Crippen molar-refractivity contribution in [3.63, 3.8) is 0 Å². The highest BCUT2D eigenvalue weighted by molar-refractivity contribution is 5.75. The Bertz CT molecular complexity index is 932. The molecular weight excluding hydrogens is 350 g/mol. The third kappa shape index (κ3) is 4.80. The third-order valence-electron chi connectivity index (χ3n) is 4.80. The molecule has 0 aliphatic carbocycles. The molecule has 3 rings (SSSR count). The summed E-state index contributed by atoms with van der Waals surface area (Å²) in [7, 11) is 0. The van der Waals surface area contributed by atoms with E-state index in [-0.39, 0.29) is 5.91 Å². The van der Waals surface area contributed by atoms with E-state index in [2.05, 4.69) is 10.4 Å². The predicted octanol–water partition coefficient (Wildman–Crippen LogP) is 4.27. The Morgan fingerprint density at radius 2 is 1.75 bits per heavy atom. The normalized spacial score (nSPS) is 10.7. The molecule has 1 heterocycles. The van der Waals surface area contributed by atoms with Crippen LogP contribution in [0.4, 0.5) is 0 Å². The monoisotopic (exact) mass is 377 g/mol. The number of nitrogens with one attached hydrogen (secondary N) is 1. The van der Waals surface area contributed by atoms with Gasteiger partial charge in [0.1, 0.15) is 5.75 Å². The minimum absolute atomic E-state index is 0.0274. The molecule has 1 aromatic heterocycles. The molecule has 0 fully saturated rings. The fraction of sp³-hybridized carbons (Fsp3) is 0.304. The number of amides is 1. The molecule has 5 heteroatoms. The fourth-order valence-corrected chi connectivity index (χ4v) is 3.16. The number of carbonyl (C=O) groups is 1. The molecule has 1 N–H and O–H groups in total. The largest absolute Gasteiger partial charge is 0.493 e. The van der Waals surface area contributed by atoms with Gasteiger partial charge in [0.25, 0.3) is 0 Å². The van der Waals surface area contributed by atoms with Crippen LogP contribution in [0.1, 0.15) is 35.4 Å². The minimum Gasteiger partial charge on any atom is -0.493 e. The van der Waals surface area contributed by atoms with Gasteiger partial charge in [-0.25, -0.2) is 4.68 Å². The maximum Gasteiger partial charge on any atom is 0.220 e. The zero-order chi connectivity index (χ0) is 19.9. The summed E-state index contributed by atoms with van der Waals surface area (Å²) in [5.74, 6) is 0.905. The Balaban J connectivity index is 1.48. The van der Waals surface area contributed by atoms with Crippen molar-refractivity contribution in [3.05, 3.63) is 77.1 Å². The number of hydrogen-bond acceptors (Lipinski definition) is 3. The van der Waals surface area contributed by atoms with Gasteiger partial charge in [0, 0.05) is 24.2 Å². The summed E-state index contributed by atoms with van der Waals surface area (Å²) in [5, 5.41) is 7.63. The summed E-state index contributed by atoms with van der Waals surface area (Å²) in [6, 6.07) is 17.9. The van der Waals surface area contributed by atoms with Crippen molar-refractivity contribution in [1.29, 1.82) is 0 Å². The molecule has 0 unspecified atom stereocenters. The van der Waals surface area contributed by atoms with Gasteiger partial charge in [-0.05, 0) is 51.0 Å². The Morgan fingerprint density at radius 1 is 1.04 bits per heavy atom. The van der Waals surface area contributed by atoms with E-state index in [4.69, 9.17) is 4.74 Å². The van der Waals surface area contributed by atoms with E-state index in [9.17, 15) is 4.79 Å². The fourth-order valence-electron chi connectivity index (χ4n) is 3.16. The van der Waals surface area contributed by atoms with Gasteiger partial charge in [-0.15, -0.1) is 0 Å². The maximum atomic E-state index is 12.2. The van der Waals surface area contributed by atoms with Gasteiger partial charge >= 0.3 is 0 Å². The van der Waals surface area contributed by atoms with Crippen LogP contribution in [0.3, 0.4) is 0 Å². The quantitative estimate of drug-likeness (QED) is 0.596. The molecule has 1 amide bonds. The molecule has 0 radical (unpaired) electrons. The lowest BCUT2D eigenvalue weighted by molar-refractivity contribution is -0.121. The number of benzene rings is 2. The molecule has 146 valence electrons. The van der Waals surface area contributed by atoms with Crippen LogP contribution in [0, 0.1) is 20.8 Å². The molecule has 0 aliphatic rings. The zero-order valence-electron chi connectivity index (χ0n) is 16.7. The third-order valence-corrected chi connectivity index (χ3v) is 4.80. The Morgan fingerprint density at radius 3 is 2.50 bits per heavy atom. The van der Waals surface area contributed by atoms with Crippen LogP contribution >= 0.6 is 0 Å². The van der Waals surface area contributed by atoms with Crippen molar-refractivity contribution in [2.24, 2.45) is 0 Å². The van der Waals surface area contributed by atoms with E-state index < -0.39 is 0 Å². The SMILES string of the molecule is Cc1ccccc1OCCCC(=O)NCc1c(C)nn(-c2ccccc2)c1C. The Hall–Kier alpha value is -3.08. The highest BCUT2D eigenvalue weighted by Crippen LogP contribution is 2.18. The van der Waals surface area contributed by atoms with Crippen LogP contribution in [0.15, 0.2) is 54.6 Å². The molecule has 0 aliphatic heterocycles. The number of aryl methyl sites for hydroxylation is 2. The molecule has 0 spiro atoms. The van der Waals surface area contributed by atoms with Crippen LogP contribution in [-0.4, -0.2) is 22.3 Å². The number of hydrogen-bond donors (Lipinski definition) is 1. The molecule has 0 bridgehead atoms. The molecule has 5 nitrogen and oxygen atoms in total. The summed E-state index contributed by atoms with van der Waals surface area (Å²) < 4.78 is 7.67.